The van der Waals surface area contributed by atoms with Gasteiger partial charge in [-0.2, -0.15) is 9.97 Å². The smallest absolute Gasteiger partial charge is 0.232 e. The zero-order valence-corrected chi connectivity index (χ0v) is 22.3. The Kier molecular flexibility index (Phi) is 7.94. The molecule has 0 bridgehead atoms. The molecule has 9 heteroatoms. The van der Waals surface area contributed by atoms with Crippen molar-refractivity contribution in [2.75, 3.05) is 54.5 Å². The fraction of sp³-hybridized carbons (Fsp3) is 0.593. The summed E-state index contributed by atoms with van der Waals surface area (Å²) < 4.78 is 11.3. The van der Waals surface area contributed by atoms with Gasteiger partial charge in [-0.05, 0) is 61.0 Å². The summed E-state index contributed by atoms with van der Waals surface area (Å²) in [7, 11) is 0. The predicted octanol–water partition coefficient (Wildman–Crippen LogP) is 4.60. The number of aromatic nitrogens is 2. The predicted molar refractivity (Wildman–Crippen MR) is 148 cm³/mol. The Bertz CT molecular complexity index is 1050. The van der Waals surface area contributed by atoms with Crippen molar-refractivity contribution in [3.05, 3.63) is 29.8 Å². The van der Waals surface area contributed by atoms with Gasteiger partial charge in [-0.15, -0.1) is 0 Å². The van der Waals surface area contributed by atoms with E-state index in [1.807, 2.05) is 18.2 Å². The van der Waals surface area contributed by atoms with Gasteiger partial charge in [0, 0.05) is 38.8 Å². The lowest BCUT2D eigenvalue weighted by atomic mass is 9.92. The molecule has 0 spiro atoms. The third-order valence-corrected chi connectivity index (χ3v) is 7.35. The molecule has 3 aliphatic rings. The molecule has 0 radical (unpaired) electrons. The Morgan fingerprint density at radius 1 is 0.917 bits per heavy atom. The van der Waals surface area contributed by atoms with Gasteiger partial charge < -0.3 is 29.9 Å². The summed E-state index contributed by atoms with van der Waals surface area (Å²) in [6.45, 7) is 10.5. The number of hydrogen-bond acceptors (Lipinski definition) is 7. The number of anilines is 3. The fourth-order valence-corrected chi connectivity index (χ4v) is 5.64. The Hall–Kier alpha value is -2.81. The third-order valence-electron chi connectivity index (χ3n) is 7.11. The SMILES string of the molecule is C[C@@H]1C[C@@H](C)CN(c2cc(N3CCCCCC3)nc(NC(=S)NCc3ccc4c(c3)OCCO4)n2)C1. The topological polar surface area (TPSA) is 74.8 Å². The molecule has 2 aromatic rings. The molecule has 2 fully saturated rings. The molecular formula is C27H38N6O2S. The molecule has 3 aliphatic heterocycles. The molecule has 1 aromatic carbocycles. The number of rotatable bonds is 5. The highest BCUT2D eigenvalue weighted by atomic mass is 32.1. The minimum atomic E-state index is 0.504. The van der Waals surface area contributed by atoms with E-state index in [9.17, 15) is 0 Å². The molecule has 1 aromatic heterocycles. The number of benzene rings is 1. The number of nitrogens with one attached hydrogen (secondary N) is 2. The van der Waals surface area contributed by atoms with Crippen molar-refractivity contribution >= 4 is 34.9 Å². The average molecular weight is 511 g/mol. The second-order valence-electron chi connectivity index (χ2n) is 10.4. The molecule has 0 aliphatic carbocycles. The first kappa shape index (κ1) is 24.9. The van der Waals surface area contributed by atoms with Crippen LogP contribution in [-0.4, -0.2) is 54.5 Å². The van der Waals surface area contributed by atoms with Crippen LogP contribution >= 0.6 is 12.2 Å². The monoisotopic (exact) mass is 510 g/mol. The van der Waals surface area contributed by atoms with Gasteiger partial charge in [-0.1, -0.05) is 32.8 Å². The van der Waals surface area contributed by atoms with Crippen LogP contribution in [0.15, 0.2) is 24.3 Å². The van der Waals surface area contributed by atoms with Crippen molar-refractivity contribution in [2.24, 2.45) is 11.8 Å². The largest absolute Gasteiger partial charge is 0.486 e. The van der Waals surface area contributed by atoms with Crippen LogP contribution in [0.3, 0.4) is 0 Å². The highest BCUT2D eigenvalue weighted by Crippen LogP contribution is 2.31. The summed E-state index contributed by atoms with van der Waals surface area (Å²) in [5.74, 6) is 5.40. The van der Waals surface area contributed by atoms with Crippen molar-refractivity contribution in [3.8, 4) is 11.5 Å². The normalized spacial score (nSPS) is 22.1. The lowest BCUT2D eigenvalue weighted by Gasteiger charge is -2.36. The third kappa shape index (κ3) is 6.30. The first-order chi connectivity index (χ1) is 17.5. The number of fused-ring (bicyclic) bond motifs is 1. The number of nitrogens with zero attached hydrogens (tertiary/aromatic N) is 4. The second-order valence-corrected chi connectivity index (χ2v) is 10.9. The summed E-state index contributed by atoms with van der Waals surface area (Å²) in [6, 6.07) is 8.14. The van der Waals surface area contributed by atoms with E-state index >= 15 is 0 Å². The van der Waals surface area contributed by atoms with E-state index in [1.165, 1.54) is 32.1 Å². The quantitative estimate of drug-likeness (QED) is 0.562. The molecule has 2 atom stereocenters. The van der Waals surface area contributed by atoms with E-state index < -0.39 is 0 Å². The molecule has 0 unspecified atom stereocenters. The van der Waals surface area contributed by atoms with Crippen LogP contribution in [0.1, 0.15) is 51.5 Å². The Balaban J connectivity index is 1.30. The van der Waals surface area contributed by atoms with Crippen molar-refractivity contribution in [2.45, 2.75) is 52.5 Å². The number of ether oxygens (including phenoxy) is 2. The van der Waals surface area contributed by atoms with Crippen molar-refractivity contribution in [1.82, 2.24) is 15.3 Å². The van der Waals surface area contributed by atoms with Crippen LogP contribution in [0.25, 0.3) is 0 Å². The zero-order valence-electron chi connectivity index (χ0n) is 21.5. The lowest BCUT2D eigenvalue weighted by Crippen LogP contribution is -2.39. The number of piperidine rings is 1. The fourth-order valence-electron chi connectivity index (χ4n) is 5.48. The number of thiocarbonyl (C=S) groups is 1. The van der Waals surface area contributed by atoms with Crippen LogP contribution in [0.2, 0.25) is 0 Å². The Morgan fingerprint density at radius 2 is 1.58 bits per heavy atom. The molecule has 36 heavy (non-hydrogen) atoms. The van der Waals surface area contributed by atoms with Crippen molar-refractivity contribution < 1.29 is 9.47 Å². The van der Waals surface area contributed by atoms with E-state index in [-0.39, 0.29) is 0 Å². The van der Waals surface area contributed by atoms with Gasteiger partial charge >= 0.3 is 0 Å². The van der Waals surface area contributed by atoms with Gasteiger partial charge in [0.1, 0.15) is 24.8 Å². The minimum Gasteiger partial charge on any atom is -0.486 e. The van der Waals surface area contributed by atoms with Crippen LogP contribution in [0.4, 0.5) is 17.6 Å². The first-order valence-electron chi connectivity index (χ1n) is 13.4. The second kappa shape index (κ2) is 11.5. The summed E-state index contributed by atoms with van der Waals surface area (Å²) in [5, 5.41) is 7.06. The molecule has 194 valence electrons. The molecule has 2 N–H and O–H groups in total. The van der Waals surface area contributed by atoms with Gasteiger partial charge in [0.15, 0.2) is 16.6 Å². The summed E-state index contributed by atoms with van der Waals surface area (Å²) in [4.78, 5) is 14.6. The summed E-state index contributed by atoms with van der Waals surface area (Å²) in [5.41, 5.74) is 1.07. The average Bonchev–Trinajstić information content (AvgIpc) is 3.16. The maximum atomic E-state index is 5.70. The van der Waals surface area contributed by atoms with Crippen LogP contribution in [0.5, 0.6) is 11.5 Å². The molecule has 0 saturated carbocycles. The van der Waals surface area contributed by atoms with E-state index in [0.717, 1.165) is 54.9 Å². The van der Waals surface area contributed by atoms with Crippen LogP contribution in [-0.2, 0) is 6.54 Å². The van der Waals surface area contributed by atoms with Crippen molar-refractivity contribution in [1.29, 1.82) is 0 Å². The summed E-state index contributed by atoms with van der Waals surface area (Å²) in [6.07, 6.45) is 6.24. The van der Waals surface area contributed by atoms with Crippen molar-refractivity contribution in [3.63, 3.8) is 0 Å². The maximum Gasteiger partial charge on any atom is 0.232 e. The summed E-state index contributed by atoms with van der Waals surface area (Å²) >= 11 is 5.63. The standard InChI is InChI=1S/C27H38N6O2S/c1-19-13-20(2)18-33(17-19)25-15-24(32-9-5-3-4-6-10-32)29-26(30-25)31-27(36)28-16-21-7-8-22-23(14-21)35-12-11-34-22/h7-8,14-15,19-20H,3-6,9-13,16-18H2,1-2H3,(H2,28,29,30,31,36)/t19-,20-/m1/s1. The zero-order chi connectivity index (χ0) is 24.9. The van der Waals surface area contributed by atoms with Gasteiger partial charge in [-0.3, -0.25) is 0 Å². The first-order valence-corrected chi connectivity index (χ1v) is 13.8. The lowest BCUT2D eigenvalue weighted by molar-refractivity contribution is 0.171. The minimum absolute atomic E-state index is 0.504. The molecule has 5 rings (SSSR count). The van der Waals surface area contributed by atoms with E-state index in [4.69, 9.17) is 31.7 Å². The Labute approximate surface area is 219 Å². The van der Waals surface area contributed by atoms with E-state index in [1.54, 1.807) is 0 Å². The van der Waals surface area contributed by atoms with Gasteiger partial charge in [0.2, 0.25) is 5.95 Å². The number of hydrogen-bond donors (Lipinski definition) is 2. The van der Waals surface area contributed by atoms with E-state index in [0.29, 0.717) is 42.7 Å². The van der Waals surface area contributed by atoms with Crippen LogP contribution in [0, 0.1) is 11.8 Å². The van der Waals surface area contributed by atoms with Gasteiger partial charge in [-0.25, -0.2) is 0 Å². The van der Waals surface area contributed by atoms with Gasteiger partial charge in [0.25, 0.3) is 0 Å². The highest BCUT2D eigenvalue weighted by Gasteiger charge is 2.25. The molecule has 4 heterocycles. The highest BCUT2D eigenvalue weighted by molar-refractivity contribution is 7.80. The molecule has 2 saturated heterocycles. The molecule has 0 amide bonds. The van der Waals surface area contributed by atoms with E-state index in [2.05, 4.69) is 40.3 Å². The molecule has 8 nitrogen and oxygen atoms in total. The maximum absolute atomic E-state index is 5.70. The Morgan fingerprint density at radius 3 is 2.31 bits per heavy atom. The molecular weight excluding hydrogens is 472 g/mol. The van der Waals surface area contributed by atoms with Crippen LogP contribution < -0.4 is 29.9 Å². The van der Waals surface area contributed by atoms with Gasteiger partial charge in [0.05, 0.1) is 0 Å².